The first-order valence-corrected chi connectivity index (χ1v) is 10.2. The molecule has 0 aliphatic rings. The van der Waals surface area contributed by atoms with Gasteiger partial charge in [0.1, 0.15) is 11.0 Å². The van der Waals surface area contributed by atoms with Crippen molar-refractivity contribution in [1.82, 2.24) is 10.2 Å². The van der Waals surface area contributed by atoms with Gasteiger partial charge in [-0.15, -0.1) is 10.2 Å². The number of rotatable bonds is 8. The summed E-state index contributed by atoms with van der Waals surface area (Å²) in [6.07, 6.45) is 1.53. The van der Waals surface area contributed by atoms with Gasteiger partial charge in [-0.2, -0.15) is 0 Å². The quantitative estimate of drug-likeness (QED) is 0.391. The van der Waals surface area contributed by atoms with Crippen LogP contribution in [0.25, 0.3) is 11.7 Å². The highest BCUT2D eigenvalue weighted by Crippen LogP contribution is 2.37. The van der Waals surface area contributed by atoms with E-state index >= 15 is 0 Å². The van der Waals surface area contributed by atoms with Crippen LogP contribution in [0.3, 0.4) is 0 Å². The summed E-state index contributed by atoms with van der Waals surface area (Å²) >= 11 is 1.17. The zero-order valence-electron chi connectivity index (χ0n) is 16.1. The molecule has 7 nitrogen and oxygen atoms in total. The van der Waals surface area contributed by atoms with Crippen molar-refractivity contribution < 1.29 is 18.4 Å². The molecule has 2 aromatic carbocycles. The number of thioether (sulfide) groups is 1. The second-order valence-corrected chi connectivity index (χ2v) is 7.23. The number of ether oxygens (including phenoxy) is 1. The first kappa shape index (κ1) is 19.8. The van der Waals surface area contributed by atoms with Gasteiger partial charge in [0.05, 0.1) is 18.6 Å². The van der Waals surface area contributed by atoms with E-state index in [1.165, 1.54) is 18.0 Å². The summed E-state index contributed by atoms with van der Waals surface area (Å²) in [6.45, 7) is 2.40. The van der Waals surface area contributed by atoms with Gasteiger partial charge in [0.15, 0.2) is 5.76 Å². The monoisotopic (exact) mass is 421 g/mol. The summed E-state index contributed by atoms with van der Waals surface area (Å²) in [4.78, 5) is 13.2. The lowest BCUT2D eigenvalue weighted by atomic mass is 10.1. The summed E-state index contributed by atoms with van der Waals surface area (Å²) in [5.74, 6) is 1.12. The molecule has 2 aromatic heterocycles. The van der Waals surface area contributed by atoms with Crippen molar-refractivity contribution in [3.8, 4) is 17.4 Å². The number of furan rings is 1. The van der Waals surface area contributed by atoms with Crippen LogP contribution in [0.1, 0.15) is 17.7 Å². The molecule has 0 fully saturated rings. The molecule has 0 saturated carbocycles. The van der Waals surface area contributed by atoms with E-state index in [0.29, 0.717) is 23.8 Å². The maximum Gasteiger partial charge on any atom is 0.284 e. The Morgan fingerprint density at radius 1 is 1.07 bits per heavy atom. The molecule has 0 bridgehead atoms. The fourth-order valence-corrected chi connectivity index (χ4v) is 3.68. The van der Waals surface area contributed by atoms with E-state index in [1.807, 2.05) is 55.5 Å². The molecule has 30 heavy (non-hydrogen) atoms. The van der Waals surface area contributed by atoms with Crippen molar-refractivity contribution in [3.05, 3.63) is 78.6 Å². The van der Waals surface area contributed by atoms with Gasteiger partial charge >= 0.3 is 0 Å². The summed E-state index contributed by atoms with van der Waals surface area (Å²) in [6, 6.07) is 20.2. The fraction of sp³-hybridized carbons (Fsp3) is 0.136. The van der Waals surface area contributed by atoms with Crippen molar-refractivity contribution in [3.63, 3.8) is 0 Å². The van der Waals surface area contributed by atoms with Gasteiger partial charge in [0.2, 0.25) is 5.91 Å². The number of hydrogen-bond acceptors (Lipinski definition) is 7. The summed E-state index contributed by atoms with van der Waals surface area (Å²) in [5.41, 5.74) is 1.42. The maximum absolute atomic E-state index is 13.2. The first-order chi connectivity index (χ1) is 14.7. The van der Waals surface area contributed by atoms with Crippen LogP contribution in [0.15, 0.2) is 87.1 Å². The number of nitrogens with zero attached hydrogens (tertiary/aromatic N) is 2. The second kappa shape index (κ2) is 9.32. The molecule has 1 N–H and O–H groups in total. The molecule has 2 heterocycles. The Morgan fingerprint density at radius 2 is 1.87 bits per heavy atom. The number of para-hydroxylation sites is 2. The number of amides is 1. The van der Waals surface area contributed by atoms with Gasteiger partial charge in [0.25, 0.3) is 11.1 Å². The van der Waals surface area contributed by atoms with Crippen molar-refractivity contribution in [2.24, 2.45) is 0 Å². The summed E-state index contributed by atoms with van der Waals surface area (Å²) in [5, 5.41) is 10.7. The van der Waals surface area contributed by atoms with E-state index in [0.717, 1.165) is 5.56 Å². The molecule has 1 atom stereocenters. The summed E-state index contributed by atoms with van der Waals surface area (Å²) < 4.78 is 16.6. The predicted octanol–water partition coefficient (Wildman–Crippen LogP) is 5.20. The van der Waals surface area contributed by atoms with E-state index in [9.17, 15) is 4.79 Å². The van der Waals surface area contributed by atoms with Gasteiger partial charge in [-0.25, -0.2) is 0 Å². The highest BCUT2D eigenvalue weighted by Gasteiger charge is 2.26. The van der Waals surface area contributed by atoms with Crippen LogP contribution in [-0.4, -0.2) is 22.7 Å². The van der Waals surface area contributed by atoms with Crippen LogP contribution < -0.4 is 10.1 Å². The number of nitrogens with one attached hydrogen (secondary N) is 1. The summed E-state index contributed by atoms with van der Waals surface area (Å²) in [7, 11) is 0. The Bertz CT molecular complexity index is 1100. The van der Waals surface area contributed by atoms with E-state index in [2.05, 4.69) is 15.5 Å². The van der Waals surface area contributed by atoms with Crippen LogP contribution >= 0.6 is 11.8 Å². The maximum atomic E-state index is 13.2. The van der Waals surface area contributed by atoms with Crippen LogP contribution in [0.4, 0.5) is 5.69 Å². The third-order valence-electron chi connectivity index (χ3n) is 4.14. The van der Waals surface area contributed by atoms with Crippen molar-refractivity contribution in [2.75, 3.05) is 11.9 Å². The number of carbonyl (C=O) groups is 1. The lowest BCUT2D eigenvalue weighted by Gasteiger charge is -2.17. The van der Waals surface area contributed by atoms with E-state index in [1.54, 1.807) is 18.2 Å². The van der Waals surface area contributed by atoms with Gasteiger partial charge in [-0.1, -0.05) is 42.5 Å². The molecule has 0 spiro atoms. The molecular weight excluding hydrogens is 402 g/mol. The normalized spacial score (nSPS) is 11.8. The van der Waals surface area contributed by atoms with Crippen LogP contribution in [0.5, 0.6) is 5.75 Å². The minimum absolute atomic E-state index is 0.226. The number of anilines is 1. The number of benzene rings is 2. The minimum atomic E-state index is -0.606. The Kier molecular flexibility index (Phi) is 6.14. The lowest BCUT2D eigenvalue weighted by molar-refractivity contribution is -0.115. The molecule has 0 aliphatic carbocycles. The average Bonchev–Trinajstić information content (AvgIpc) is 3.46. The van der Waals surface area contributed by atoms with E-state index < -0.39 is 5.25 Å². The second-order valence-electron chi connectivity index (χ2n) is 6.18. The molecule has 8 heteroatoms. The van der Waals surface area contributed by atoms with Gasteiger partial charge in [-0.3, -0.25) is 4.79 Å². The average molecular weight is 421 g/mol. The largest absolute Gasteiger partial charge is 0.492 e. The molecule has 4 aromatic rings. The molecule has 0 unspecified atom stereocenters. The van der Waals surface area contributed by atoms with Crippen molar-refractivity contribution in [2.45, 2.75) is 17.4 Å². The number of aromatic nitrogens is 2. The third-order valence-corrected chi connectivity index (χ3v) is 5.23. The zero-order valence-corrected chi connectivity index (χ0v) is 17.0. The molecular formula is C22H19N3O4S. The third kappa shape index (κ3) is 4.55. The van der Waals surface area contributed by atoms with Crippen molar-refractivity contribution in [1.29, 1.82) is 0 Å². The standard InChI is InChI=1S/C22H19N3O4S/c1-2-27-17-12-7-6-11-16(17)23-20(26)19(15-9-4-3-5-10-15)30-22-25-24-21(29-22)18-13-8-14-28-18/h3-14,19H,2H2,1H3,(H,23,26)/t19-/m0/s1. The molecule has 0 saturated heterocycles. The first-order valence-electron chi connectivity index (χ1n) is 9.36. The Hall–Kier alpha value is -3.52. The van der Waals surface area contributed by atoms with E-state index in [4.69, 9.17) is 13.6 Å². The molecule has 1 amide bonds. The number of hydrogen-bond donors (Lipinski definition) is 1. The van der Waals surface area contributed by atoms with Crippen LogP contribution in [0.2, 0.25) is 0 Å². The Labute approximate surface area is 177 Å². The molecule has 0 aliphatic heterocycles. The highest BCUT2D eigenvalue weighted by molar-refractivity contribution is 8.00. The van der Waals surface area contributed by atoms with E-state index in [-0.39, 0.29) is 17.0 Å². The Balaban J connectivity index is 1.58. The van der Waals surface area contributed by atoms with Crippen LogP contribution in [-0.2, 0) is 4.79 Å². The minimum Gasteiger partial charge on any atom is -0.492 e. The lowest BCUT2D eigenvalue weighted by Crippen LogP contribution is -2.19. The fourth-order valence-electron chi connectivity index (χ4n) is 2.81. The zero-order chi connectivity index (χ0) is 20.8. The topological polar surface area (TPSA) is 90.4 Å². The Morgan fingerprint density at radius 3 is 2.63 bits per heavy atom. The molecule has 152 valence electrons. The number of carbonyl (C=O) groups excluding carboxylic acids is 1. The van der Waals surface area contributed by atoms with Crippen molar-refractivity contribution >= 4 is 23.4 Å². The SMILES string of the molecule is CCOc1ccccc1NC(=O)[C@@H](Sc1nnc(-c2ccco2)o1)c1ccccc1. The molecule has 0 radical (unpaired) electrons. The predicted molar refractivity (Wildman–Crippen MR) is 113 cm³/mol. The van der Waals surface area contributed by atoms with Gasteiger partial charge < -0.3 is 18.9 Å². The van der Waals surface area contributed by atoms with Gasteiger partial charge in [-0.05, 0) is 48.5 Å². The molecule has 4 rings (SSSR count). The smallest absolute Gasteiger partial charge is 0.284 e. The van der Waals surface area contributed by atoms with Gasteiger partial charge in [0, 0.05) is 0 Å². The highest BCUT2D eigenvalue weighted by atomic mass is 32.2. The van der Waals surface area contributed by atoms with Crippen LogP contribution in [0, 0.1) is 0 Å².